The predicted molar refractivity (Wildman–Crippen MR) is 73.6 cm³/mol. The highest BCUT2D eigenvalue weighted by Gasteiger charge is 2.09. The van der Waals surface area contributed by atoms with Crippen molar-refractivity contribution in [2.75, 3.05) is 10.7 Å². The fourth-order valence-corrected chi connectivity index (χ4v) is 1.68. The van der Waals surface area contributed by atoms with Gasteiger partial charge in [-0.2, -0.15) is 0 Å². The summed E-state index contributed by atoms with van der Waals surface area (Å²) < 4.78 is 13.5. The summed E-state index contributed by atoms with van der Waals surface area (Å²) in [5.41, 5.74) is 3.55. The van der Waals surface area contributed by atoms with Crippen LogP contribution in [0.25, 0.3) is 0 Å². The second-order valence-electron chi connectivity index (χ2n) is 3.80. The molecule has 19 heavy (non-hydrogen) atoms. The van der Waals surface area contributed by atoms with Crippen LogP contribution in [0.15, 0.2) is 42.5 Å². The molecular formula is C13H11ClFN3O. The van der Waals surface area contributed by atoms with Crippen molar-refractivity contribution in [3.8, 4) is 0 Å². The van der Waals surface area contributed by atoms with E-state index in [9.17, 15) is 9.18 Å². The molecule has 0 aromatic heterocycles. The van der Waals surface area contributed by atoms with Crippen molar-refractivity contribution in [3.05, 3.63) is 58.9 Å². The highest BCUT2D eigenvalue weighted by Crippen LogP contribution is 2.20. The van der Waals surface area contributed by atoms with E-state index in [1.54, 1.807) is 24.3 Å². The monoisotopic (exact) mass is 279 g/mol. The minimum atomic E-state index is -0.544. The topological polar surface area (TPSA) is 67.1 Å². The molecule has 98 valence electrons. The van der Waals surface area contributed by atoms with E-state index in [-0.39, 0.29) is 5.69 Å². The quantitative estimate of drug-likeness (QED) is 0.598. The summed E-state index contributed by atoms with van der Waals surface area (Å²) in [5.74, 6) is 4.25. The van der Waals surface area contributed by atoms with Gasteiger partial charge in [-0.3, -0.25) is 10.6 Å². The Morgan fingerprint density at radius 2 is 1.84 bits per heavy atom. The highest BCUT2D eigenvalue weighted by molar-refractivity contribution is 6.31. The van der Waals surface area contributed by atoms with Crippen LogP contribution >= 0.6 is 11.6 Å². The van der Waals surface area contributed by atoms with Gasteiger partial charge in [-0.15, -0.1) is 0 Å². The highest BCUT2D eigenvalue weighted by atomic mass is 35.5. The molecule has 0 unspecified atom stereocenters. The number of nitrogens with one attached hydrogen (secondary N) is 2. The van der Waals surface area contributed by atoms with E-state index in [4.69, 9.17) is 17.4 Å². The Kier molecular flexibility index (Phi) is 3.99. The van der Waals surface area contributed by atoms with E-state index in [2.05, 4.69) is 10.7 Å². The number of amides is 1. The lowest BCUT2D eigenvalue weighted by atomic mass is 10.2. The van der Waals surface area contributed by atoms with E-state index in [0.717, 1.165) is 0 Å². The molecule has 4 N–H and O–H groups in total. The maximum Gasteiger partial charge on any atom is 0.255 e. The van der Waals surface area contributed by atoms with Gasteiger partial charge in [0.15, 0.2) is 0 Å². The second-order valence-corrected chi connectivity index (χ2v) is 4.24. The molecule has 0 bridgehead atoms. The van der Waals surface area contributed by atoms with Gasteiger partial charge in [-0.1, -0.05) is 11.6 Å². The number of hydrogen-bond acceptors (Lipinski definition) is 3. The molecule has 0 atom stereocenters. The average Bonchev–Trinajstić information content (AvgIpc) is 2.43. The molecule has 0 aliphatic rings. The van der Waals surface area contributed by atoms with Crippen LogP contribution in [0.2, 0.25) is 5.02 Å². The Labute approximate surface area is 114 Å². The first kappa shape index (κ1) is 13.3. The summed E-state index contributed by atoms with van der Waals surface area (Å²) in [4.78, 5) is 11.9. The lowest BCUT2D eigenvalue weighted by Crippen LogP contribution is -2.13. The fraction of sp³-hybridized carbons (Fsp3) is 0. The molecule has 0 fully saturated rings. The fourth-order valence-electron chi connectivity index (χ4n) is 1.51. The Morgan fingerprint density at radius 3 is 2.47 bits per heavy atom. The van der Waals surface area contributed by atoms with Crippen LogP contribution in [-0.2, 0) is 0 Å². The summed E-state index contributed by atoms with van der Waals surface area (Å²) >= 11 is 5.75. The van der Waals surface area contributed by atoms with Crippen LogP contribution in [0.1, 0.15) is 10.4 Å². The molecule has 1 amide bonds. The molecule has 2 aromatic rings. The van der Waals surface area contributed by atoms with E-state index < -0.39 is 11.7 Å². The van der Waals surface area contributed by atoms with Gasteiger partial charge in [0, 0.05) is 16.3 Å². The predicted octanol–water partition coefficient (Wildman–Crippen LogP) is 3.02. The van der Waals surface area contributed by atoms with Crippen LogP contribution in [0.5, 0.6) is 0 Å². The Balaban J connectivity index is 2.18. The molecule has 0 saturated heterocycles. The largest absolute Gasteiger partial charge is 0.324 e. The number of hydrazine groups is 1. The zero-order valence-corrected chi connectivity index (χ0v) is 10.5. The first-order valence-electron chi connectivity index (χ1n) is 5.43. The van der Waals surface area contributed by atoms with E-state index in [1.807, 2.05) is 0 Å². The van der Waals surface area contributed by atoms with Gasteiger partial charge in [0.25, 0.3) is 5.91 Å². The van der Waals surface area contributed by atoms with Gasteiger partial charge < -0.3 is 10.7 Å². The number of carbonyl (C=O) groups excluding carboxylic acids is 1. The van der Waals surface area contributed by atoms with Gasteiger partial charge in [0.1, 0.15) is 5.82 Å². The van der Waals surface area contributed by atoms with Gasteiger partial charge in [-0.05, 0) is 42.5 Å². The summed E-state index contributed by atoms with van der Waals surface area (Å²) in [6.07, 6.45) is 0. The number of rotatable bonds is 3. The maximum absolute atomic E-state index is 13.5. The van der Waals surface area contributed by atoms with Crippen LogP contribution in [0, 0.1) is 5.82 Å². The number of nitrogen functional groups attached to an aromatic ring is 1. The molecule has 4 nitrogen and oxygen atoms in total. The van der Waals surface area contributed by atoms with Crippen molar-refractivity contribution in [2.45, 2.75) is 0 Å². The molecule has 2 rings (SSSR count). The molecule has 0 heterocycles. The van der Waals surface area contributed by atoms with Crippen molar-refractivity contribution in [1.82, 2.24) is 0 Å². The molecule has 0 saturated carbocycles. The third-order valence-electron chi connectivity index (χ3n) is 2.49. The van der Waals surface area contributed by atoms with Gasteiger partial charge in [0.05, 0.1) is 5.69 Å². The number of anilines is 2. The molecule has 6 heteroatoms. The van der Waals surface area contributed by atoms with Crippen molar-refractivity contribution >= 4 is 28.9 Å². The normalized spacial score (nSPS) is 10.1. The van der Waals surface area contributed by atoms with Crippen LogP contribution in [-0.4, -0.2) is 5.91 Å². The van der Waals surface area contributed by atoms with E-state index in [1.165, 1.54) is 18.2 Å². The maximum atomic E-state index is 13.5. The number of hydrogen-bond donors (Lipinski definition) is 3. The molecular weight excluding hydrogens is 269 g/mol. The first-order valence-corrected chi connectivity index (χ1v) is 5.81. The molecule has 0 radical (unpaired) electrons. The van der Waals surface area contributed by atoms with Crippen molar-refractivity contribution in [3.63, 3.8) is 0 Å². The summed E-state index contributed by atoms with van der Waals surface area (Å²) in [7, 11) is 0. The number of benzene rings is 2. The van der Waals surface area contributed by atoms with Gasteiger partial charge in [-0.25, -0.2) is 4.39 Å². The average molecular weight is 280 g/mol. The third-order valence-corrected chi connectivity index (χ3v) is 2.73. The SMILES string of the molecule is NNc1ccc(C(=O)Nc2cc(Cl)ccc2F)cc1. The third kappa shape index (κ3) is 3.21. The summed E-state index contributed by atoms with van der Waals surface area (Å²) in [6, 6.07) is 10.4. The van der Waals surface area contributed by atoms with Crippen LogP contribution < -0.4 is 16.6 Å². The van der Waals surface area contributed by atoms with Crippen molar-refractivity contribution in [1.29, 1.82) is 0 Å². The smallest absolute Gasteiger partial charge is 0.255 e. The van der Waals surface area contributed by atoms with E-state index >= 15 is 0 Å². The minimum absolute atomic E-state index is 0.0403. The zero-order valence-electron chi connectivity index (χ0n) is 9.78. The first-order chi connectivity index (χ1) is 9.10. The van der Waals surface area contributed by atoms with Crippen molar-refractivity contribution in [2.24, 2.45) is 5.84 Å². The lowest BCUT2D eigenvalue weighted by molar-refractivity contribution is 0.102. The van der Waals surface area contributed by atoms with Crippen LogP contribution in [0.3, 0.4) is 0 Å². The number of carbonyl (C=O) groups is 1. The van der Waals surface area contributed by atoms with E-state index in [0.29, 0.717) is 16.3 Å². The Hall–Kier alpha value is -2.11. The number of nitrogens with two attached hydrogens (primary N) is 1. The zero-order chi connectivity index (χ0) is 13.8. The van der Waals surface area contributed by atoms with Gasteiger partial charge >= 0.3 is 0 Å². The number of halogens is 2. The van der Waals surface area contributed by atoms with Crippen LogP contribution in [0.4, 0.5) is 15.8 Å². The Morgan fingerprint density at radius 1 is 1.16 bits per heavy atom. The van der Waals surface area contributed by atoms with Gasteiger partial charge in [0.2, 0.25) is 0 Å². The molecule has 0 aliphatic heterocycles. The lowest BCUT2D eigenvalue weighted by Gasteiger charge is -2.07. The second kappa shape index (κ2) is 5.69. The summed E-state index contributed by atoms with van der Waals surface area (Å²) in [6.45, 7) is 0. The standard InChI is InChI=1S/C13H11ClFN3O/c14-9-3-6-11(15)12(7-9)17-13(19)8-1-4-10(18-16)5-2-8/h1-7,18H,16H2,(H,17,19). The Bertz CT molecular complexity index is 601. The molecule has 2 aromatic carbocycles. The minimum Gasteiger partial charge on any atom is -0.324 e. The molecule has 0 aliphatic carbocycles. The van der Waals surface area contributed by atoms with Crippen molar-refractivity contribution < 1.29 is 9.18 Å². The summed E-state index contributed by atoms with van der Waals surface area (Å²) in [5, 5.41) is 2.80. The molecule has 0 spiro atoms.